The van der Waals surface area contributed by atoms with Crippen LogP contribution < -0.4 is 5.30 Å². The molecule has 0 bridgehead atoms. The second-order valence-electron chi connectivity index (χ2n) is 5.74. The minimum absolute atomic E-state index is 0.550. The van der Waals surface area contributed by atoms with E-state index in [0.29, 0.717) is 11.8 Å². The summed E-state index contributed by atoms with van der Waals surface area (Å²) in [7, 11) is 2.94. The Kier molecular flexibility index (Phi) is 4.42. The predicted molar refractivity (Wildman–Crippen MR) is 89.4 cm³/mol. The first kappa shape index (κ1) is 14.3. The van der Waals surface area contributed by atoms with Crippen molar-refractivity contribution in [3.8, 4) is 11.1 Å². The Balaban J connectivity index is 2.63. The van der Waals surface area contributed by atoms with Crippen LogP contribution in [0.15, 0.2) is 42.5 Å². The summed E-state index contributed by atoms with van der Waals surface area (Å²) in [5.41, 5.74) is 5.51. The van der Waals surface area contributed by atoms with E-state index in [1.807, 2.05) is 0 Å². The molecule has 1 atom stereocenters. The van der Waals surface area contributed by atoms with E-state index < -0.39 is 0 Å². The topological polar surface area (TPSA) is 0 Å². The first-order valence-corrected chi connectivity index (χ1v) is 7.57. The van der Waals surface area contributed by atoms with Crippen molar-refractivity contribution in [1.82, 2.24) is 0 Å². The van der Waals surface area contributed by atoms with Gasteiger partial charge in [-0.1, -0.05) is 70.2 Å². The Labute approximate surface area is 119 Å². The van der Waals surface area contributed by atoms with Crippen molar-refractivity contribution >= 4 is 14.5 Å². The van der Waals surface area contributed by atoms with Gasteiger partial charge < -0.3 is 0 Å². The van der Waals surface area contributed by atoms with Crippen LogP contribution in [0.2, 0.25) is 0 Å². The smallest absolute Gasteiger partial charge is 0.0178 e. The molecule has 1 unspecified atom stereocenters. The highest BCUT2D eigenvalue weighted by atomic mass is 31.0. The summed E-state index contributed by atoms with van der Waals surface area (Å²) in [6.07, 6.45) is 0. The molecule has 1 heteroatoms. The molecule has 0 spiro atoms. The highest BCUT2D eigenvalue weighted by molar-refractivity contribution is 7.27. The molecule has 0 heterocycles. The lowest BCUT2D eigenvalue weighted by atomic mass is 9.90. The van der Waals surface area contributed by atoms with Crippen molar-refractivity contribution in [2.75, 3.05) is 0 Å². The molecule has 2 aromatic rings. The molecule has 0 saturated carbocycles. The van der Waals surface area contributed by atoms with Crippen LogP contribution in [0.25, 0.3) is 11.1 Å². The third kappa shape index (κ3) is 3.07. The van der Waals surface area contributed by atoms with Gasteiger partial charge in [-0.2, -0.15) is 0 Å². The van der Waals surface area contributed by atoms with Crippen molar-refractivity contribution < 1.29 is 0 Å². The van der Waals surface area contributed by atoms with Crippen LogP contribution in [0.1, 0.15) is 50.7 Å². The molecular formula is C18H23P. The van der Waals surface area contributed by atoms with Gasteiger partial charge in [0.2, 0.25) is 0 Å². The van der Waals surface area contributed by atoms with Crippen LogP contribution in [0.4, 0.5) is 0 Å². The highest BCUT2D eigenvalue weighted by Crippen LogP contribution is 2.29. The maximum atomic E-state index is 2.94. The lowest BCUT2D eigenvalue weighted by molar-refractivity contribution is 0.847. The first-order chi connectivity index (χ1) is 9.00. The molecule has 0 saturated heterocycles. The average molecular weight is 270 g/mol. The average Bonchev–Trinajstić information content (AvgIpc) is 2.39. The molecule has 0 fully saturated rings. The molecule has 0 amide bonds. The van der Waals surface area contributed by atoms with Crippen molar-refractivity contribution in [1.29, 1.82) is 0 Å². The minimum atomic E-state index is 0.550. The largest absolute Gasteiger partial charge is 0.105 e. The molecule has 100 valence electrons. The standard InChI is InChI=1S/C18H23P/c1-12(2)16-10-15(14-8-6-5-7-9-14)11-17(13(3)4)18(16)19/h5-13H,19H2,1-4H3. The third-order valence-corrected chi connectivity index (χ3v) is 4.26. The molecule has 2 aromatic carbocycles. The zero-order chi connectivity index (χ0) is 14.0. The number of hydrogen-bond donors (Lipinski definition) is 0. The van der Waals surface area contributed by atoms with Crippen LogP contribution >= 0.6 is 9.24 Å². The molecular weight excluding hydrogens is 247 g/mol. The van der Waals surface area contributed by atoms with Gasteiger partial charge >= 0.3 is 0 Å². The van der Waals surface area contributed by atoms with Gasteiger partial charge in [0.25, 0.3) is 0 Å². The van der Waals surface area contributed by atoms with Gasteiger partial charge in [0.15, 0.2) is 0 Å². The lowest BCUT2D eigenvalue weighted by Gasteiger charge is -2.19. The van der Waals surface area contributed by atoms with E-state index in [9.17, 15) is 0 Å². The minimum Gasteiger partial charge on any atom is -0.105 e. The van der Waals surface area contributed by atoms with Gasteiger partial charge in [0.1, 0.15) is 0 Å². The van der Waals surface area contributed by atoms with E-state index in [1.165, 1.54) is 27.6 Å². The zero-order valence-corrected chi connectivity index (χ0v) is 13.4. The van der Waals surface area contributed by atoms with E-state index in [1.54, 1.807) is 0 Å². The summed E-state index contributed by atoms with van der Waals surface area (Å²) in [4.78, 5) is 0. The van der Waals surface area contributed by atoms with Crippen LogP contribution in [-0.2, 0) is 0 Å². The summed E-state index contributed by atoms with van der Waals surface area (Å²) < 4.78 is 0. The molecule has 2 rings (SSSR count). The summed E-state index contributed by atoms with van der Waals surface area (Å²) in [6.45, 7) is 9.06. The fraction of sp³-hybridized carbons (Fsp3) is 0.333. The Morgan fingerprint density at radius 1 is 0.737 bits per heavy atom. The molecule has 0 aromatic heterocycles. The van der Waals surface area contributed by atoms with Crippen LogP contribution in [0, 0.1) is 0 Å². The molecule has 0 aliphatic carbocycles. The second-order valence-corrected chi connectivity index (χ2v) is 6.32. The fourth-order valence-electron chi connectivity index (χ4n) is 2.45. The quantitative estimate of drug-likeness (QED) is 0.681. The van der Waals surface area contributed by atoms with Crippen molar-refractivity contribution in [3.63, 3.8) is 0 Å². The molecule has 0 aliphatic rings. The monoisotopic (exact) mass is 270 g/mol. The number of hydrogen-bond acceptors (Lipinski definition) is 0. The summed E-state index contributed by atoms with van der Waals surface area (Å²) in [5.74, 6) is 1.10. The van der Waals surface area contributed by atoms with Gasteiger partial charge in [0.05, 0.1) is 0 Å². The summed E-state index contributed by atoms with van der Waals surface area (Å²) in [6, 6.07) is 15.3. The fourth-order valence-corrected chi connectivity index (χ4v) is 3.28. The molecule has 0 nitrogen and oxygen atoms in total. The number of benzene rings is 2. The van der Waals surface area contributed by atoms with Crippen molar-refractivity contribution in [2.24, 2.45) is 0 Å². The SMILES string of the molecule is CC(C)c1cc(-c2ccccc2)cc(C(C)C)c1P. The first-order valence-electron chi connectivity index (χ1n) is 6.99. The summed E-state index contributed by atoms with van der Waals surface area (Å²) >= 11 is 0. The highest BCUT2D eigenvalue weighted by Gasteiger charge is 2.13. The Bertz CT molecular complexity index is 524. The zero-order valence-electron chi connectivity index (χ0n) is 12.3. The van der Waals surface area contributed by atoms with Crippen molar-refractivity contribution in [2.45, 2.75) is 39.5 Å². The number of rotatable bonds is 3. The van der Waals surface area contributed by atoms with Crippen LogP contribution in [-0.4, -0.2) is 0 Å². The Morgan fingerprint density at radius 3 is 1.63 bits per heavy atom. The maximum absolute atomic E-state index is 2.94. The predicted octanol–water partition coefficient (Wildman–Crippen LogP) is 5.10. The maximum Gasteiger partial charge on any atom is -0.0178 e. The van der Waals surface area contributed by atoms with Crippen molar-refractivity contribution in [3.05, 3.63) is 53.6 Å². The van der Waals surface area contributed by atoms with E-state index in [0.717, 1.165) is 0 Å². The van der Waals surface area contributed by atoms with Gasteiger partial charge in [-0.3, -0.25) is 0 Å². The lowest BCUT2D eigenvalue weighted by Crippen LogP contribution is -2.12. The third-order valence-electron chi connectivity index (χ3n) is 3.60. The molecule has 19 heavy (non-hydrogen) atoms. The molecule has 0 aliphatic heterocycles. The normalized spacial score (nSPS) is 11.3. The second kappa shape index (κ2) is 5.88. The van der Waals surface area contributed by atoms with Gasteiger partial charge in [-0.05, 0) is 39.4 Å². The van der Waals surface area contributed by atoms with E-state index in [2.05, 4.69) is 79.4 Å². The van der Waals surface area contributed by atoms with Gasteiger partial charge in [-0.15, -0.1) is 9.24 Å². The summed E-state index contributed by atoms with van der Waals surface area (Å²) in [5, 5.41) is 1.38. The van der Waals surface area contributed by atoms with Crippen LogP contribution in [0.3, 0.4) is 0 Å². The van der Waals surface area contributed by atoms with Crippen LogP contribution in [0.5, 0.6) is 0 Å². The Hall–Kier alpha value is -1.13. The molecule has 0 N–H and O–H groups in total. The van der Waals surface area contributed by atoms with Gasteiger partial charge in [0, 0.05) is 0 Å². The molecule has 0 radical (unpaired) electrons. The van der Waals surface area contributed by atoms with E-state index in [-0.39, 0.29) is 0 Å². The van der Waals surface area contributed by atoms with E-state index >= 15 is 0 Å². The Morgan fingerprint density at radius 2 is 1.21 bits per heavy atom. The van der Waals surface area contributed by atoms with E-state index in [4.69, 9.17) is 0 Å². The van der Waals surface area contributed by atoms with Gasteiger partial charge in [-0.25, -0.2) is 0 Å².